The second kappa shape index (κ2) is 9.48. The van der Waals surface area contributed by atoms with Gasteiger partial charge in [0.25, 0.3) is 5.91 Å². The van der Waals surface area contributed by atoms with Crippen LogP contribution >= 0.6 is 22.9 Å². The standard InChI is InChI=1S/C26H20ClNO6S/c1-32-17-5-7-18(8-6-17)33-11-10-28-23(21-3-2-12-35-21)22(25(30)26(28)31)24(29)20-14-15-13-16(27)4-9-19(15)34-20/h2-9,12-14,23,30H,10-11H2,1H3. The number of carbonyl (C=O) groups excluding carboxylic acids is 2. The number of carbonyl (C=O) groups is 2. The number of benzene rings is 2. The number of nitrogens with zero attached hydrogens (tertiary/aromatic N) is 1. The number of ether oxygens (including phenoxy) is 2. The molecule has 9 heteroatoms. The van der Waals surface area contributed by atoms with Gasteiger partial charge in [0.1, 0.15) is 23.7 Å². The van der Waals surface area contributed by atoms with Gasteiger partial charge in [-0.05, 0) is 60.0 Å². The van der Waals surface area contributed by atoms with Crippen LogP contribution in [0.4, 0.5) is 0 Å². The third kappa shape index (κ3) is 4.38. The van der Waals surface area contributed by atoms with Crippen LogP contribution in [0, 0.1) is 0 Å². The van der Waals surface area contributed by atoms with Crippen molar-refractivity contribution >= 4 is 45.6 Å². The van der Waals surface area contributed by atoms with E-state index in [2.05, 4.69) is 0 Å². The molecule has 1 amide bonds. The first-order valence-electron chi connectivity index (χ1n) is 10.7. The van der Waals surface area contributed by atoms with Crippen molar-refractivity contribution in [3.05, 3.63) is 93.0 Å². The minimum Gasteiger partial charge on any atom is -0.503 e. The molecular formula is C26H20ClNO6S. The molecule has 0 saturated carbocycles. The van der Waals surface area contributed by atoms with Crippen LogP contribution in [0.2, 0.25) is 5.02 Å². The highest BCUT2D eigenvalue weighted by molar-refractivity contribution is 7.10. The highest BCUT2D eigenvalue weighted by Gasteiger charge is 2.44. The molecular weight excluding hydrogens is 490 g/mol. The quantitative estimate of drug-likeness (QED) is 0.301. The lowest BCUT2D eigenvalue weighted by atomic mass is 10.00. The van der Waals surface area contributed by atoms with Crippen molar-refractivity contribution in [2.75, 3.05) is 20.3 Å². The number of fused-ring (bicyclic) bond motifs is 1. The van der Waals surface area contributed by atoms with Gasteiger partial charge in [-0.3, -0.25) is 9.59 Å². The molecule has 0 fully saturated rings. The first-order valence-corrected chi connectivity index (χ1v) is 12.0. The first-order chi connectivity index (χ1) is 17.0. The van der Waals surface area contributed by atoms with Crippen molar-refractivity contribution in [1.82, 2.24) is 4.90 Å². The van der Waals surface area contributed by atoms with E-state index in [1.807, 2.05) is 17.5 Å². The normalized spacial score (nSPS) is 15.8. The fourth-order valence-electron chi connectivity index (χ4n) is 4.05. The van der Waals surface area contributed by atoms with Gasteiger partial charge in [-0.1, -0.05) is 17.7 Å². The molecule has 1 aliphatic rings. The Morgan fingerprint density at radius 3 is 2.63 bits per heavy atom. The summed E-state index contributed by atoms with van der Waals surface area (Å²) in [4.78, 5) is 28.7. The number of methoxy groups -OCH3 is 1. The van der Waals surface area contributed by atoms with Gasteiger partial charge in [-0.15, -0.1) is 11.3 Å². The summed E-state index contributed by atoms with van der Waals surface area (Å²) in [6, 6.07) is 16.6. The maximum Gasteiger partial charge on any atom is 0.290 e. The van der Waals surface area contributed by atoms with E-state index in [1.165, 1.54) is 16.2 Å². The van der Waals surface area contributed by atoms with E-state index >= 15 is 0 Å². The smallest absolute Gasteiger partial charge is 0.290 e. The number of thiophene rings is 1. The van der Waals surface area contributed by atoms with Crippen LogP contribution < -0.4 is 9.47 Å². The topological polar surface area (TPSA) is 89.2 Å². The van der Waals surface area contributed by atoms with Crippen LogP contribution in [-0.4, -0.2) is 42.0 Å². The van der Waals surface area contributed by atoms with Crippen molar-refractivity contribution in [1.29, 1.82) is 0 Å². The Labute approximate surface area is 209 Å². The minimum absolute atomic E-state index is 0.0212. The molecule has 2 aromatic heterocycles. The lowest BCUT2D eigenvalue weighted by Gasteiger charge is -2.25. The van der Waals surface area contributed by atoms with E-state index in [4.69, 9.17) is 25.5 Å². The minimum atomic E-state index is -0.758. The summed E-state index contributed by atoms with van der Waals surface area (Å²) in [6.45, 7) is 0.321. The monoisotopic (exact) mass is 509 g/mol. The van der Waals surface area contributed by atoms with Crippen LogP contribution in [0.15, 0.2) is 81.8 Å². The molecule has 5 rings (SSSR count). The molecule has 35 heavy (non-hydrogen) atoms. The van der Waals surface area contributed by atoms with Gasteiger partial charge in [0.05, 0.1) is 25.3 Å². The summed E-state index contributed by atoms with van der Waals surface area (Å²) >= 11 is 7.44. The molecule has 1 aliphatic heterocycles. The predicted octanol–water partition coefficient (Wildman–Crippen LogP) is 5.81. The predicted molar refractivity (Wildman–Crippen MR) is 132 cm³/mol. The number of aliphatic hydroxyl groups is 1. The van der Waals surface area contributed by atoms with Crippen molar-refractivity contribution in [3.63, 3.8) is 0 Å². The summed E-state index contributed by atoms with van der Waals surface area (Å²) in [6.07, 6.45) is 0. The summed E-state index contributed by atoms with van der Waals surface area (Å²) in [5.41, 5.74) is 0.464. The van der Waals surface area contributed by atoms with E-state index in [9.17, 15) is 14.7 Å². The second-order valence-electron chi connectivity index (χ2n) is 7.82. The number of aliphatic hydroxyl groups excluding tert-OH is 1. The number of hydrogen-bond donors (Lipinski definition) is 1. The van der Waals surface area contributed by atoms with E-state index in [0.29, 0.717) is 27.5 Å². The van der Waals surface area contributed by atoms with Crippen molar-refractivity contribution < 1.29 is 28.6 Å². The average molecular weight is 510 g/mol. The zero-order valence-corrected chi connectivity index (χ0v) is 20.1. The van der Waals surface area contributed by atoms with Crippen LogP contribution in [-0.2, 0) is 4.79 Å². The molecule has 3 heterocycles. The zero-order chi connectivity index (χ0) is 24.5. The van der Waals surface area contributed by atoms with E-state index in [0.717, 1.165) is 4.88 Å². The molecule has 7 nitrogen and oxygen atoms in total. The molecule has 1 N–H and O–H groups in total. The van der Waals surface area contributed by atoms with Crippen LogP contribution in [0.5, 0.6) is 11.5 Å². The van der Waals surface area contributed by atoms with Crippen molar-refractivity contribution in [3.8, 4) is 11.5 Å². The van der Waals surface area contributed by atoms with Gasteiger partial charge in [-0.2, -0.15) is 0 Å². The molecule has 0 spiro atoms. The largest absolute Gasteiger partial charge is 0.503 e. The first kappa shape index (κ1) is 23.0. The summed E-state index contributed by atoms with van der Waals surface area (Å²) in [5.74, 6) is -0.440. The molecule has 178 valence electrons. The lowest BCUT2D eigenvalue weighted by Crippen LogP contribution is -2.34. The van der Waals surface area contributed by atoms with Gasteiger partial charge < -0.3 is 23.9 Å². The highest BCUT2D eigenvalue weighted by atomic mass is 35.5. The van der Waals surface area contributed by atoms with Crippen LogP contribution in [0.3, 0.4) is 0 Å². The molecule has 1 unspecified atom stereocenters. The number of Topliss-reactive ketones (excluding diaryl/α,β-unsaturated/α-hetero) is 1. The fourth-order valence-corrected chi connectivity index (χ4v) is 5.08. The number of hydrogen-bond acceptors (Lipinski definition) is 7. The van der Waals surface area contributed by atoms with Crippen molar-refractivity contribution in [2.45, 2.75) is 6.04 Å². The Morgan fingerprint density at radius 1 is 1.14 bits per heavy atom. The number of amides is 1. The molecule has 2 aromatic carbocycles. The van der Waals surface area contributed by atoms with E-state index in [-0.39, 0.29) is 24.5 Å². The number of furan rings is 1. The Bertz CT molecular complexity index is 1420. The molecule has 0 saturated heterocycles. The van der Waals surface area contributed by atoms with Gasteiger partial charge in [0, 0.05) is 15.3 Å². The average Bonchev–Trinajstić information content (AvgIpc) is 3.59. The molecule has 4 aromatic rings. The maximum absolute atomic E-state index is 13.5. The Morgan fingerprint density at radius 2 is 1.91 bits per heavy atom. The van der Waals surface area contributed by atoms with Gasteiger partial charge in [-0.25, -0.2) is 0 Å². The fraction of sp³-hybridized carbons (Fsp3) is 0.154. The maximum atomic E-state index is 13.5. The van der Waals surface area contributed by atoms with Crippen LogP contribution in [0.25, 0.3) is 11.0 Å². The highest BCUT2D eigenvalue weighted by Crippen LogP contribution is 2.41. The van der Waals surface area contributed by atoms with E-state index < -0.39 is 23.5 Å². The summed E-state index contributed by atoms with van der Waals surface area (Å²) in [5, 5.41) is 13.8. The Kier molecular flexibility index (Phi) is 6.23. The number of rotatable bonds is 8. The lowest BCUT2D eigenvalue weighted by molar-refractivity contribution is -0.129. The molecule has 1 atom stereocenters. The zero-order valence-electron chi connectivity index (χ0n) is 18.6. The number of halogens is 1. The van der Waals surface area contributed by atoms with Gasteiger partial charge in [0.2, 0.25) is 5.78 Å². The third-order valence-electron chi connectivity index (χ3n) is 5.72. The second-order valence-corrected chi connectivity index (χ2v) is 9.24. The Hall–Kier alpha value is -3.75. The van der Waals surface area contributed by atoms with Crippen LogP contribution in [0.1, 0.15) is 21.5 Å². The summed E-state index contributed by atoms with van der Waals surface area (Å²) in [7, 11) is 1.58. The van der Waals surface area contributed by atoms with Gasteiger partial charge >= 0.3 is 0 Å². The molecule has 0 aliphatic carbocycles. The molecule has 0 radical (unpaired) electrons. The van der Waals surface area contributed by atoms with Crippen molar-refractivity contribution in [2.24, 2.45) is 0 Å². The SMILES string of the molecule is COc1ccc(OCCN2C(=O)C(O)=C(C(=O)c3cc4cc(Cl)ccc4o3)C2c2cccs2)cc1. The summed E-state index contributed by atoms with van der Waals surface area (Å²) < 4.78 is 16.7. The van der Waals surface area contributed by atoms with E-state index in [1.54, 1.807) is 55.6 Å². The Balaban J connectivity index is 1.41. The molecule has 0 bridgehead atoms. The third-order valence-corrected chi connectivity index (χ3v) is 6.88. The number of ketones is 1. The van der Waals surface area contributed by atoms with Gasteiger partial charge in [0.15, 0.2) is 11.5 Å².